The van der Waals surface area contributed by atoms with Gasteiger partial charge in [-0.1, -0.05) is 91.1 Å². The summed E-state index contributed by atoms with van der Waals surface area (Å²) >= 11 is 0. The highest BCUT2D eigenvalue weighted by atomic mass is 35.5. The fourth-order valence-corrected chi connectivity index (χ4v) is 8.62. The Kier molecular flexibility index (Phi) is 17.8. The minimum Gasteiger partial charge on any atom is -0.454 e. The van der Waals surface area contributed by atoms with E-state index in [1.165, 1.54) is 0 Å². The van der Waals surface area contributed by atoms with Crippen LogP contribution in [-0.2, 0) is 9.59 Å². The summed E-state index contributed by atoms with van der Waals surface area (Å²) in [6.07, 6.45) is 15.9. The minimum atomic E-state index is 0. The molecule has 6 aromatic carbocycles. The van der Waals surface area contributed by atoms with E-state index < -0.39 is 0 Å². The molecule has 13 nitrogen and oxygen atoms in total. The molecule has 5 heterocycles. The summed E-state index contributed by atoms with van der Waals surface area (Å²) in [6.45, 7) is 4.83. The molecule has 0 aliphatic carbocycles. The van der Waals surface area contributed by atoms with Crippen molar-refractivity contribution in [3.63, 3.8) is 0 Å². The molecule has 4 N–H and O–H groups in total. The lowest BCUT2D eigenvalue weighted by atomic mass is 9.96. The number of likely N-dealkylation sites (tertiary alicyclic amines) is 2. The number of nitrogens with zero attached hydrogens (tertiary/aromatic N) is 2. The molecule has 5 aliphatic heterocycles. The first-order valence-corrected chi connectivity index (χ1v) is 24.4. The molecule has 73 heavy (non-hydrogen) atoms. The van der Waals surface area contributed by atoms with E-state index in [-0.39, 0.29) is 49.6 Å². The molecule has 11 rings (SSSR count). The molecule has 0 spiro atoms. The number of hydrogen-bond acceptors (Lipinski definition) is 11. The zero-order chi connectivity index (χ0) is 49.7. The summed E-state index contributed by atoms with van der Waals surface area (Å²) in [5.41, 5.74) is 14.6. The van der Waals surface area contributed by atoms with Crippen molar-refractivity contribution in [1.82, 2.24) is 9.80 Å². The summed E-state index contributed by atoms with van der Waals surface area (Å²) in [4.78, 5) is 29.3. The van der Waals surface area contributed by atoms with Crippen molar-refractivity contribution in [2.75, 3.05) is 77.0 Å². The van der Waals surface area contributed by atoms with Crippen LogP contribution in [0.4, 0.5) is 17.1 Å². The van der Waals surface area contributed by atoms with Crippen molar-refractivity contribution in [3.05, 3.63) is 161 Å². The molecule has 2 amide bonds. The first-order valence-electron chi connectivity index (χ1n) is 24.4. The van der Waals surface area contributed by atoms with Crippen LogP contribution in [-0.4, -0.2) is 82.3 Å². The highest BCUT2D eigenvalue weighted by Gasteiger charge is 2.24. The van der Waals surface area contributed by atoms with Gasteiger partial charge in [0.1, 0.15) is 0 Å². The number of carbonyl (C=O) groups excluding carboxylic acids is 2. The van der Waals surface area contributed by atoms with Crippen molar-refractivity contribution in [3.8, 4) is 34.5 Å². The smallest absolute Gasteiger partial charge is 0.231 e. The van der Waals surface area contributed by atoms with Crippen LogP contribution in [0.3, 0.4) is 0 Å². The SMILES string of the molecule is CN1CCC(C(=O)Nc2ccc(/C=C/c3ccc4c(c3)OCO4)cc2)CC1.CN1CCC(C(=O)Nc2ccc(/C=C/c3ccc4c(c3)OCO4)cc2)CC1.Cl.Nc1ccc(/C=C/c2ccc3c(c2)OCO3)cc1. The van der Waals surface area contributed by atoms with Gasteiger partial charge in [0.25, 0.3) is 0 Å². The molecule has 2 fully saturated rings. The number of rotatable bonds is 10. The average molecular weight is 1000 g/mol. The molecule has 0 bridgehead atoms. The van der Waals surface area contributed by atoms with E-state index in [1.54, 1.807) is 0 Å². The number of nitrogens with two attached hydrogens (primary N) is 1. The molecule has 0 atom stereocenters. The predicted molar refractivity (Wildman–Crippen MR) is 293 cm³/mol. The number of anilines is 3. The van der Waals surface area contributed by atoms with Gasteiger partial charge in [0, 0.05) is 28.9 Å². The second-order valence-corrected chi connectivity index (χ2v) is 18.4. The lowest BCUT2D eigenvalue weighted by Gasteiger charge is -2.28. The van der Waals surface area contributed by atoms with E-state index in [4.69, 9.17) is 34.2 Å². The zero-order valence-corrected chi connectivity index (χ0v) is 42.0. The third-order valence-electron chi connectivity index (χ3n) is 13.1. The lowest BCUT2D eigenvalue weighted by Crippen LogP contribution is -2.35. The maximum atomic E-state index is 12.4. The number of nitrogen functional groups attached to an aromatic ring is 1. The Labute approximate surface area is 433 Å². The summed E-state index contributed by atoms with van der Waals surface area (Å²) in [7, 11) is 4.20. The fourth-order valence-electron chi connectivity index (χ4n) is 8.62. The number of halogens is 1. The normalized spacial score (nSPS) is 16.1. The summed E-state index contributed by atoms with van der Waals surface area (Å²) < 4.78 is 32.1. The van der Waals surface area contributed by atoms with Gasteiger partial charge in [0.2, 0.25) is 32.2 Å². The molecule has 2 saturated heterocycles. The molecule has 0 aromatic heterocycles. The predicted octanol–water partition coefficient (Wildman–Crippen LogP) is 11.3. The Morgan fingerprint density at radius 1 is 0.425 bits per heavy atom. The van der Waals surface area contributed by atoms with Crippen LogP contribution in [0.5, 0.6) is 34.5 Å². The molecule has 14 heteroatoms. The molecular weight excluding hydrogens is 942 g/mol. The van der Waals surface area contributed by atoms with Crippen LogP contribution >= 0.6 is 12.4 Å². The molecular formula is C59H62ClN5O8. The third kappa shape index (κ3) is 14.7. The fraction of sp³-hybridized carbons (Fsp3) is 0.254. The lowest BCUT2D eigenvalue weighted by molar-refractivity contribution is -0.121. The Morgan fingerprint density at radius 3 is 1.03 bits per heavy atom. The van der Waals surface area contributed by atoms with E-state index in [0.29, 0.717) is 6.79 Å². The number of amides is 2. The van der Waals surface area contributed by atoms with Crippen molar-refractivity contribution in [2.45, 2.75) is 25.7 Å². The molecule has 5 aliphatic rings. The average Bonchev–Trinajstić information content (AvgIpc) is 4.21. The Morgan fingerprint density at radius 2 is 0.699 bits per heavy atom. The molecule has 378 valence electrons. The molecule has 6 aromatic rings. The summed E-state index contributed by atoms with van der Waals surface area (Å²) in [5.74, 6) is 5.24. The number of ether oxygens (including phenoxy) is 6. The Balaban J connectivity index is 0.000000148. The Bertz CT molecular complexity index is 2750. The minimum absolute atomic E-state index is 0. The largest absolute Gasteiger partial charge is 0.454 e. The standard InChI is InChI=1S/2C22H24N2O3.C15H13NO2.ClH/c2*1-24-12-10-18(11-13-24)22(25)23-19-7-4-16(5-8-19)2-3-17-6-9-20-21(14-17)27-15-26-20;16-13-6-3-11(4-7-13)1-2-12-5-8-14-15(9-12)18-10-17-14;/h2*2-9,14,18H,10-13,15H2,1H3,(H,23,25);1-9H,10,16H2;1H/b2*3-2+;2-1+;. The van der Waals surface area contributed by atoms with E-state index in [1.807, 2.05) is 164 Å². The van der Waals surface area contributed by atoms with Crippen LogP contribution in [0.25, 0.3) is 36.5 Å². The van der Waals surface area contributed by atoms with Crippen molar-refractivity contribution >= 4 is 77.7 Å². The number of piperidine rings is 2. The van der Waals surface area contributed by atoms with Crippen LogP contribution in [0, 0.1) is 11.8 Å². The van der Waals surface area contributed by atoms with Crippen LogP contribution < -0.4 is 44.8 Å². The van der Waals surface area contributed by atoms with Gasteiger partial charge in [0.15, 0.2) is 34.5 Å². The van der Waals surface area contributed by atoms with Crippen molar-refractivity contribution in [1.29, 1.82) is 0 Å². The van der Waals surface area contributed by atoms with Gasteiger partial charge in [-0.3, -0.25) is 9.59 Å². The maximum absolute atomic E-state index is 12.4. The topological polar surface area (TPSA) is 146 Å². The third-order valence-corrected chi connectivity index (χ3v) is 13.1. The van der Waals surface area contributed by atoms with Gasteiger partial charge in [-0.15, -0.1) is 12.4 Å². The highest BCUT2D eigenvalue weighted by molar-refractivity contribution is 5.93. The van der Waals surface area contributed by atoms with E-state index in [0.717, 1.165) is 137 Å². The number of nitrogens with one attached hydrogen (secondary N) is 2. The number of fused-ring (bicyclic) bond motifs is 3. The second kappa shape index (κ2) is 25.1. The van der Waals surface area contributed by atoms with Gasteiger partial charge < -0.3 is 54.6 Å². The molecule has 0 radical (unpaired) electrons. The quantitative estimate of drug-likeness (QED) is 0.0890. The summed E-state index contributed by atoms with van der Waals surface area (Å²) in [5, 5.41) is 6.09. The Hall–Kier alpha value is -7.71. The van der Waals surface area contributed by atoms with E-state index >= 15 is 0 Å². The van der Waals surface area contributed by atoms with Gasteiger partial charge in [-0.25, -0.2) is 0 Å². The maximum Gasteiger partial charge on any atom is 0.231 e. The second-order valence-electron chi connectivity index (χ2n) is 18.4. The van der Waals surface area contributed by atoms with Crippen LogP contribution in [0.2, 0.25) is 0 Å². The van der Waals surface area contributed by atoms with Gasteiger partial charge in [-0.05, 0) is 172 Å². The van der Waals surface area contributed by atoms with Gasteiger partial charge in [0.05, 0.1) is 0 Å². The van der Waals surface area contributed by atoms with Crippen molar-refractivity contribution in [2.24, 2.45) is 11.8 Å². The molecule has 0 unspecified atom stereocenters. The van der Waals surface area contributed by atoms with E-state index in [9.17, 15) is 9.59 Å². The highest BCUT2D eigenvalue weighted by Crippen LogP contribution is 2.35. The van der Waals surface area contributed by atoms with Crippen LogP contribution in [0.1, 0.15) is 59.1 Å². The number of benzene rings is 6. The van der Waals surface area contributed by atoms with Gasteiger partial charge >= 0.3 is 0 Å². The van der Waals surface area contributed by atoms with E-state index in [2.05, 4.69) is 34.5 Å². The number of carbonyl (C=O) groups is 2. The van der Waals surface area contributed by atoms with Crippen molar-refractivity contribution < 1.29 is 38.0 Å². The van der Waals surface area contributed by atoms with Gasteiger partial charge in [-0.2, -0.15) is 0 Å². The monoisotopic (exact) mass is 1000 g/mol. The van der Waals surface area contributed by atoms with Crippen LogP contribution in [0.15, 0.2) is 127 Å². The first-order chi connectivity index (χ1) is 35.1. The molecule has 0 saturated carbocycles. The zero-order valence-electron chi connectivity index (χ0n) is 41.2. The number of hydrogen-bond donors (Lipinski definition) is 3. The summed E-state index contributed by atoms with van der Waals surface area (Å²) in [6, 6.07) is 41.2. The first kappa shape index (κ1) is 51.6.